The van der Waals surface area contributed by atoms with Gasteiger partial charge in [-0.15, -0.1) is 0 Å². The third-order valence-corrected chi connectivity index (χ3v) is 8.66. The van der Waals surface area contributed by atoms with Crippen molar-refractivity contribution in [3.63, 3.8) is 0 Å². The molecule has 4 heteroatoms. The fraction of sp³-hybridized carbons (Fsp3) is 0.567. The maximum absolute atomic E-state index is 14.5. The molecule has 2 atom stereocenters. The molecular formula is C30H40N2O2. The number of nitrogens with zero attached hydrogens (tertiary/aromatic N) is 1. The van der Waals surface area contributed by atoms with Crippen LogP contribution in [0.5, 0.6) is 0 Å². The minimum Gasteiger partial charge on any atom is -0.367 e. The van der Waals surface area contributed by atoms with Gasteiger partial charge in [0.1, 0.15) is 0 Å². The van der Waals surface area contributed by atoms with E-state index < -0.39 is 0 Å². The maximum atomic E-state index is 14.5. The van der Waals surface area contributed by atoms with Gasteiger partial charge in [-0.3, -0.25) is 4.79 Å². The molecule has 3 aliphatic rings. The second-order valence-corrected chi connectivity index (χ2v) is 10.6. The topological polar surface area (TPSA) is 41.6 Å². The Morgan fingerprint density at radius 1 is 0.941 bits per heavy atom. The summed E-state index contributed by atoms with van der Waals surface area (Å²) in [6.45, 7) is 4.90. The van der Waals surface area contributed by atoms with Crippen molar-refractivity contribution in [2.45, 2.75) is 87.9 Å². The average molecular weight is 461 g/mol. The molecule has 1 aliphatic carbocycles. The molecule has 0 aromatic heterocycles. The van der Waals surface area contributed by atoms with Crippen LogP contribution >= 0.6 is 0 Å². The highest BCUT2D eigenvalue weighted by Gasteiger charge is 2.49. The Bertz CT molecular complexity index is 933. The van der Waals surface area contributed by atoms with E-state index in [1.807, 2.05) is 0 Å². The van der Waals surface area contributed by atoms with Crippen LogP contribution < -0.4 is 5.32 Å². The van der Waals surface area contributed by atoms with E-state index in [1.54, 1.807) is 0 Å². The van der Waals surface area contributed by atoms with E-state index in [0.717, 1.165) is 71.0 Å². The van der Waals surface area contributed by atoms with Crippen LogP contribution in [0.3, 0.4) is 0 Å². The monoisotopic (exact) mass is 460 g/mol. The van der Waals surface area contributed by atoms with Gasteiger partial charge >= 0.3 is 0 Å². The number of rotatable bonds is 5. The molecule has 3 fully saturated rings. The molecule has 2 aliphatic heterocycles. The molecule has 2 aromatic rings. The molecule has 34 heavy (non-hydrogen) atoms. The van der Waals surface area contributed by atoms with Gasteiger partial charge in [0, 0.05) is 12.6 Å². The third-order valence-electron chi connectivity index (χ3n) is 8.66. The lowest BCUT2D eigenvalue weighted by molar-refractivity contribution is -0.174. The molecule has 1 N–H and O–H groups in total. The van der Waals surface area contributed by atoms with E-state index in [-0.39, 0.29) is 23.2 Å². The summed E-state index contributed by atoms with van der Waals surface area (Å²) in [5, 5.41) is 3.51. The van der Waals surface area contributed by atoms with Crippen LogP contribution in [0.1, 0.15) is 81.9 Å². The Hall–Kier alpha value is -2.17. The first-order valence-corrected chi connectivity index (χ1v) is 13.5. The largest absolute Gasteiger partial charge is 0.367 e. The van der Waals surface area contributed by atoms with Crippen LogP contribution in [0.15, 0.2) is 60.7 Å². The molecule has 4 nitrogen and oxygen atoms in total. The number of amides is 1. The van der Waals surface area contributed by atoms with Crippen molar-refractivity contribution in [1.82, 2.24) is 10.2 Å². The zero-order chi connectivity index (χ0) is 23.4. The third kappa shape index (κ3) is 4.55. The van der Waals surface area contributed by atoms with Gasteiger partial charge in [0.2, 0.25) is 5.91 Å². The van der Waals surface area contributed by atoms with Gasteiger partial charge < -0.3 is 15.0 Å². The number of carbonyl (C=O) groups excluding carboxylic acids is 1. The normalized spacial score (nSPS) is 26.1. The second-order valence-electron chi connectivity index (χ2n) is 10.6. The Kier molecular flexibility index (Phi) is 7.08. The van der Waals surface area contributed by atoms with Gasteiger partial charge in [-0.25, -0.2) is 0 Å². The zero-order valence-electron chi connectivity index (χ0n) is 20.7. The van der Waals surface area contributed by atoms with E-state index in [1.165, 1.54) is 17.5 Å². The minimum absolute atomic E-state index is 0.0407. The van der Waals surface area contributed by atoms with Crippen molar-refractivity contribution in [3.8, 4) is 0 Å². The summed E-state index contributed by atoms with van der Waals surface area (Å²) in [5.74, 6) is 0.351. The minimum atomic E-state index is -0.378. The van der Waals surface area contributed by atoms with Gasteiger partial charge in [-0.2, -0.15) is 0 Å². The number of carbonyl (C=O) groups is 1. The van der Waals surface area contributed by atoms with Crippen molar-refractivity contribution in [1.29, 1.82) is 0 Å². The highest BCUT2D eigenvalue weighted by atomic mass is 16.5. The summed E-state index contributed by atoms with van der Waals surface area (Å²) in [4.78, 5) is 16.8. The molecule has 0 radical (unpaired) electrons. The van der Waals surface area contributed by atoms with Crippen molar-refractivity contribution < 1.29 is 9.53 Å². The molecule has 2 heterocycles. The first kappa shape index (κ1) is 23.6. The SMILES string of the molecule is CCN(C(=O)C1(c2ccccc2)CCCCC1)[C@@H]1C[C@H](c2ccccc2)OC2(CCNCC2)C1. The zero-order valence-corrected chi connectivity index (χ0v) is 20.7. The summed E-state index contributed by atoms with van der Waals surface area (Å²) in [5.41, 5.74) is 1.93. The molecular weight excluding hydrogens is 420 g/mol. The lowest BCUT2D eigenvalue weighted by Gasteiger charge is -2.51. The van der Waals surface area contributed by atoms with Crippen LogP contribution in [0.2, 0.25) is 0 Å². The van der Waals surface area contributed by atoms with Crippen LogP contribution in [-0.4, -0.2) is 42.1 Å². The predicted molar refractivity (Wildman–Crippen MR) is 137 cm³/mol. The molecule has 1 saturated carbocycles. The number of benzene rings is 2. The van der Waals surface area contributed by atoms with Crippen LogP contribution in [0, 0.1) is 0 Å². The fourth-order valence-corrected chi connectivity index (χ4v) is 6.85. The molecule has 1 amide bonds. The number of hydrogen-bond acceptors (Lipinski definition) is 3. The standard InChI is InChI=1S/C30H40N2O2/c1-2-32(28(33)30(16-10-5-11-17-30)25-14-8-4-9-15-25)26-22-27(24-12-6-3-7-13-24)34-29(23-26)18-20-31-21-19-29/h3-4,6-9,12-15,26-27,31H,2,5,10-11,16-23H2,1H3/t26-,27-/m1/s1. The van der Waals surface area contributed by atoms with E-state index in [9.17, 15) is 4.79 Å². The summed E-state index contributed by atoms with van der Waals surface area (Å²) in [6.07, 6.45) is 9.33. The first-order chi connectivity index (χ1) is 16.7. The fourth-order valence-electron chi connectivity index (χ4n) is 6.85. The first-order valence-electron chi connectivity index (χ1n) is 13.5. The Morgan fingerprint density at radius 2 is 1.59 bits per heavy atom. The summed E-state index contributed by atoms with van der Waals surface area (Å²) >= 11 is 0. The molecule has 2 aromatic carbocycles. The van der Waals surface area contributed by atoms with E-state index in [4.69, 9.17) is 4.74 Å². The number of nitrogens with one attached hydrogen (secondary N) is 1. The van der Waals surface area contributed by atoms with Gasteiger partial charge in [0.15, 0.2) is 0 Å². The van der Waals surface area contributed by atoms with Crippen molar-refractivity contribution in [2.24, 2.45) is 0 Å². The van der Waals surface area contributed by atoms with Gasteiger partial charge in [0.25, 0.3) is 0 Å². The van der Waals surface area contributed by atoms with Crippen molar-refractivity contribution in [2.75, 3.05) is 19.6 Å². The lowest BCUT2D eigenvalue weighted by atomic mass is 9.68. The van der Waals surface area contributed by atoms with Crippen LogP contribution in [-0.2, 0) is 14.9 Å². The molecule has 1 spiro atoms. The highest BCUT2D eigenvalue weighted by Crippen LogP contribution is 2.46. The van der Waals surface area contributed by atoms with Crippen molar-refractivity contribution in [3.05, 3.63) is 71.8 Å². The number of hydrogen-bond donors (Lipinski definition) is 1. The van der Waals surface area contributed by atoms with E-state index >= 15 is 0 Å². The predicted octanol–water partition coefficient (Wildman–Crippen LogP) is 5.78. The van der Waals surface area contributed by atoms with Gasteiger partial charge in [-0.05, 0) is 69.7 Å². The molecule has 5 rings (SSSR count). The summed E-state index contributed by atoms with van der Waals surface area (Å²) in [7, 11) is 0. The van der Waals surface area contributed by atoms with E-state index in [0.29, 0.717) is 5.91 Å². The maximum Gasteiger partial charge on any atom is 0.233 e. The second kappa shape index (κ2) is 10.2. The van der Waals surface area contributed by atoms with E-state index in [2.05, 4.69) is 77.8 Å². The number of ether oxygens (including phenoxy) is 1. The Balaban J connectivity index is 1.48. The quantitative estimate of drug-likeness (QED) is 0.615. The molecule has 0 bridgehead atoms. The Labute approximate surface area is 205 Å². The van der Waals surface area contributed by atoms with Crippen LogP contribution in [0.25, 0.3) is 0 Å². The Morgan fingerprint density at radius 3 is 2.24 bits per heavy atom. The van der Waals surface area contributed by atoms with Crippen LogP contribution in [0.4, 0.5) is 0 Å². The van der Waals surface area contributed by atoms with Gasteiger partial charge in [0.05, 0.1) is 17.1 Å². The highest BCUT2D eigenvalue weighted by molar-refractivity contribution is 5.88. The molecule has 182 valence electrons. The summed E-state index contributed by atoms with van der Waals surface area (Å²) < 4.78 is 6.88. The lowest BCUT2D eigenvalue weighted by Crippen LogP contribution is -2.58. The molecule has 0 unspecified atom stereocenters. The molecule has 2 saturated heterocycles. The smallest absolute Gasteiger partial charge is 0.233 e. The number of likely N-dealkylation sites (N-methyl/N-ethyl adjacent to an activating group) is 1. The average Bonchev–Trinajstić information content (AvgIpc) is 2.90. The summed E-state index contributed by atoms with van der Waals surface area (Å²) in [6, 6.07) is 21.5. The number of piperidine rings is 1. The van der Waals surface area contributed by atoms with Gasteiger partial charge in [-0.1, -0.05) is 79.9 Å². The van der Waals surface area contributed by atoms with Crippen molar-refractivity contribution >= 4 is 5.91 Å².